The molecule has 0 radical (unpaired) electrons. The summed E-state index contributed by atoms with van der Waals surface area (Å²) in [5.41, 5.74) is 0.632. The van der Waals surface area contributed by atoms with Crippen LogP contribution in [0.3, 0.4) is 0 Å². The monoisotopic (exact) mass is 281 g/mol. The molecule has 4 heteroatoms. The fourth-order valence-corrected chi connectivity index (χ4v) is 2.48. The van der Waals surface area contributed by atoms with Gasteiger partial charge in [0.2, 0.25) is 0 Å². The fraction of sp³-hybridized carbons (Fsp3) is 0.625. The molecular formula is C16H24FNO2. The van der Waals surface area contributed by atoms with Gasteiger partial charge in [-0.2, -0.15) is 0 Å². The fourth-order valence-electron chi connectivity index (χ4n) is 2.48. The highest BCUT2D eigenvalue weighted by Gasteiger charge is 2.21. The van der Waals surface area contributed by atoms with E-state index in [1.807, 2.05) is 13.0 Å². The molecule has 1 aromatic carbocycles. The lowest BCUT2D eigenvalue weighted by atomic mass is 10.1. The van der Waals surface area contributed by atoms with Crippen molar-refractivity contribution in [3.63, 3.8) is 0 Å². The number of rotatable bonds is 6. The largest absolute Gasteiger partial charge is 0.490 e. The standard InChI is InChI=1S/C16H24FNO2/c1-3-9-18-12(2)16-14(17)5-4-6-15(16)20-13-7-10-19-11-8-13/h4-6,12-13,18H,3,7-11H2,1-2H3. The summed E-state index contributed by atoms with van der Waals surface area (Å²) < 4.78 is 25.5. The van der Waals surface area contributed by atoms with Gasteiger partial charge in [-0.25, -0.2) is 4.39 Å². The average Bonchev–Trinajstić information content (AvgIpc) is 2.46. The molecule has 1 heterocycles. The van der Waals surface area contributed by atoms with Gasteiger partial charge >= 0.3 is 0 Å². The number of ether oxygens (including phenoxy) is 2. The van der Waals surface area contributed by atoms with Crippen molar-refractivity contribution in [2.24, 2.45) is 0 Å². The van der Waals surface area contributed by atoms with Gasteiger partial charge in [0.15, 0.2) is 0 Å². The Morgan fingerprint density at radius 3 is 2.85 bits per heavy atom. The molecule has 1 aromatic rings. The molecule has 0 aliphatic carbocycles. The Morgan fingerprint density at radius 2 is 2.15 bits per heavy atom. The van der Waals surface area contributed by atoms with Gasteiger partial charge in [0.05, 0.1) is 13.2 Å². The van der Waals surface area contributed by atoms with Crippen LogP contribution in [0.15, 0.2) is 18.2 Å². The second kappa shape index (κ2) is 7.60. The molecule has 0 saturated carbocycles. The summed E-state index contributed by atoms with van der Waals surface area (Å²) in [7, 11) is 0. The summed E-state index contributed by atoms with van der Waals surface area (Å²) in [6, 6.07) is 5.01. The van der Waals surface area contributed by atoms with Crippen molar-refractivity contribution < 1.29 is 13.9 Å². The molecule has 0 bridgehead atoms. The van der Waals surface area contributed by atoms with Crippen molar-refractivity contribution in [2.45, 2.75) is 45.3 Å². The van der Waals surface area contributed by atoms with E-state index in [-0.39, 0.29) is 18.0 Å². The van der Waals surface area contributed by atoms with Crippen LogP contribution in [0.4, 0.5) is 4.39 Å². The minimum Gasteiger partial charge on any atom is -0.490 e. The van der Waals surface area contributed by atoms with Crippen LogP contribution in [0, 0.1) is 5.82 Å². The van der Waals surface area contributed by atoms with Crippen molar-refractivity contribution in [3.8, 4) is 5.75 Å². The van der Waals surface area contributed by atoms with E-state index in [0.29, 0.717) is 11.3 Å². The Morgan fingerprint density at radius 1 is 1.40 bits per heavy atom. The lowest BCUT2D eigenvalue weighted by Gasteiger charge is -2.26. The molecule has 0 spiro atoms. The summed E-state index contributed by atoms with van der Waals surface area (Å²) >= 11 is 0. The van der Waals surface area contributed by atoms with Gasteiger partial charge < -0.3 is 14.8 Å². The first-order valence-corrected chi connectivity index (χ1v) is 7.48. The van der Waals surface area contributed by atoms with Gasteiger partial charge in [-0.15, -0.1) is 0 Å². The van der Waals surface area contributed by atoms with E-state index < -0.39 is 0 Å². The summed E-state index contributed by atoms with van der Waals surface area (Å²) in [5, 5.41) is 3.32. The van der Waals surface area contributed by atoms with Gasteiger partial charge in [-0.3, -0.25) is 0 Å². The van der Waals surface area contributed by atoms with E-state index in [0.717, 1.165) is 39.0 Å². The average molecular weight is 281 g/mol. The molecule has 1 aliphatic rings. The first kappa shape index (κ1) is 15.3. The molecule has 1 fully saturated rings. The van der Waals surface area contributed by atoms with Gasteiger partial charge in [0, 0.05) is 24.4 Å². The zero-order valence-corrected chi connectivity index (χ0v) is 12.3. The lowest BCUT2D eigenvalue weighted by Crippen LogP contribution is -2.27. The second-order valence-corrected chi connectivity index (χ2v) is 5.26. The molecular weight excluding hydrogens is 257 g/mol. The van der Waals surface area contributed by atoms with E-state index in [1.165, 1.54) is 6.07 Å². The van der Waals surface area contributed by atoms with Crippen LogP contribution >= 0.6 is 0 Å². The molecule has 1 atom stereocenters. The third-order valence-electron chi connectivity index (χ3n) is 3.61. The molecule has 1 saturated heterocycles. The maximum atomic E-state index is 14.1. The van der Waals surface area contributed by atoms with Crippen LogP contribution in [-0.2, 0) is 4.74 Å². The Hall–Kier alpha value is -1.13. The van der Waals surface area contributed by atoms with Gasteiger partial charge in [0.1, 0.15) is 17.7 Å². The highest BCUT2D eigenvalue weighted by molar-refractivity contribution is 5.37. The Bertz CT molecular complexity index is 419. The third-order valence-corrected chi connectivity index (χ3v) is 3.61. The topological polar surface area (TPSA) is 30.5 Å². The summed E-state index contributed by atoms with van der Waals surface area (Å²) in [6.07, 6.45) is 2.89. The molecule has 0 amide bonds. The number of halogens is 1. The van der Waals surface area contributed by atoms with Crippen LogP contribution < -0.4 is 10.1 Å². The van der Waals surface area contributed by atoms with Crippen LogP contribution in [-0.4, -0.2) is 25.9 Å². The summed E-state index contributed by atoms with van der Waals surface area (Å²) in [5.74, 6) is 0.457. The maximum absolute atomic E-state index is 14.1. The second-order valence-electron chi connectivity index (χ2n) is 5.26. The van der Waals surface area contributed by atoms with Crippen LogP contribution in [0.2, 0.25) is 0 Å². The van der Waals surface area contributed by atoms with Crippen molar-refractivity contribution in [1.82, 2.24) is 5.32 Å². The van der Waals surface area contributed by atoms with Crippen molar-refractivity contribution in [1.29, 1.82) is 0 Å². The minimum absolute atomic E-state index is 0.0500. The van der Waals surface area contributed by atoms with Crippen LogP contribution in [0.5, 0.6) is 5.75 Å². The quantitative estimate of drug-likeness (QED) is 0.866. The molecule has 2 rings (SSSR count). The van der Waals surface area contributed by atoms with E-state index in [9.17, 15) is 4.39 Å². The lowest BCUT2D eigenvalue weighted by molar-refractivity contribution is 0.0248. The predicted molar refractivity (Wildman–Crippen MR) is 77.6 cm³/mol. The maximum Gasteiger partial charge on any atom is 0.131 e. The first-order chi connectivity index (χ1) is 9.72. The predicted octanol–water partition coefficient (Wildman–Crippen LogP) is 3.44. The SMILES string of the molecule is CCCNC(C)c1c(F)cccc1OC1CCOCC1. The summed E-state index contributed by atoms with van der Waals surface area (Å²) in [4.78, 5) is 0. The van der Waals surface area contributed by atoms with E-state index in [4.69, 9.17) is 9.47 Å². The van der Waals surface area contributed by atoms with E-state index in [2.05, 4.69) is 12.2 Å². The Kier molecular flexibility index (Phi) is 5.80. The molecule has 20 heavy (non-hydrogen) atoms. The van der Waals surface area contributed by atoms with Gasteiger partial charge in [0.25, 0.3) is 0 Å². The molecule has 3 nitrogen and oxygen atoms in total. The number of benzene rings is 1. The zero-order valence-electron chi connectivity index (χ0n) is 12.3. The minimum atomic E-state index is -0.203. The number of nitrogens with one attached hydrogen (secondary N) is 1. The smallest absolute Gasteiger partial charge is 0.131 e. The van der Waals surface area contributed by atoms with E-state index in [1.54, 1.807) is 6.07 Å². The van der Waals surface area contributed by atoms with Gasteiger partial charge in [-0.05, 0) is 32.0 Å². The number of hydrogen-bond acceptors (Lipinski definition) is 3. The third kappa shape index (κ3) is 3.93. The van der Waals surface area contributed by atoms with Crippen LogP contribution in [0.25, 0.3) is 0 Å². The highest BCUT2D eigenvalue weighted by atomic mass is 19.1. The van der Waals surface area contributed by atoms with E-state index >= 15 is 0 Å². The molecule has 112 valence electrons. The van der Waals surface area contributed by atoms with Crippen LogP contribution in [0.1, 0.15) is 44.7 Å². The summed E-state index contributed by atoms with van der Waals surface area (Å²) in [6.45, 7) is 6.38. The zero-order chi connectivity index (χ0) is 14.4. The molecule has 0 aromatic heterocycles. The van der Waals surface area contributed by atoms with Crippen molar-refractivity contribution in [2.75, 3.05) is 19.8 Å². The normalized spacial score (nSPS) is 17.9. The Balaban J connectivity index is 2.12. The van der Waals surface area contributed by atoms with Crippen molar-refractivity contribution in [3.05, 3.63) is 29.6 Å². The number of hydrogen-bond donors (Lipinski definition) is 1. The highest BCUT2D eigenvalue weighted by Crippen LogP contribution is 2.30. The molecule has 1 aliphatic heterocycles. The van der Waals surface area contributed by atoms with Crippen molar-refractivity contribution >= 4 is 0 Å². The molecule has 1 unspecified atom stereocenters. The first-order valence-electron chi connectivity index (χ1n) is 7.48. The molecule has 1 N–H and O–H groups in total. The van der Waals surface area contributed by atoms with Gasteiger partial charge in [-0.1, -0.05) is 13.0 Å². The Labute approximate surface area is 120 Å².